The highest BCUT2D eigenvalue weighted by atomic mass is 32.1. The largest absolute Gasteiger partial charge is 0.502 e. The molecule has 0 aliphatic rings. The lowest BCUT2D eigenvalue weighted by molar-refractivity contribution is -0.385. The number of aromatic hydroxyl groups is 1. The lowest BCUT2D eigenvalue weighted by Gasteiger charge is -2.01. The van der Waals surface area contributed by atoms with Crippen molar-refractivity contribution in [1.29, 1.82) is 0 Å². The number of H-pyrrole nitrogens is 1. The first-order valence-corrected chi connectivity index (χ1v) is 7.31. The zero-order chi connectivity index (χ0) is 18.0. The Morgan fingerprint density at radius 2 is 2.04 bits per heavy atom. The summed E-state index contributed by atoms with van der Waals surface area (Å²) in [4.78, 5) is 10.2. The summed E-state index contributed by atoms with van der Waals surface area (Å²) in [5, 5.41) is 31.1. The van der Waals surface area contributed by atoms with Crippen LogP contribution in [0.3, 0.4) is 0 Å². The smallest absolute Gasteiger partial charge is 0.311 e. The van der Waals surface area contributed by atoms with Crippen LogP contribution in [0.4, 0.5) is 10.1 Å². The molecule has 3 aromatic rings. The summed E-state index contributed by atoms with van der Waals surface area (Å²) in [6.45, 7) is 0. The van der Waals surface area contributed by atoms with E-state index in [9.17, 15) is 19.6 Å². The summed E-state index contributed by atoms with van der Waals surface area (Å²) >= 11 is 5.11. The number of aromatic nitrogens is 3. The molecule has 0 spiro atoms. The van der Waals surface area contributed by atoms with Gasteiger partial charge in [0.15, 0.2) is 11.6 Å². The molecule has 0 bridgehead atoms. The van der Waals surface area contributed by atoms with Crippen LogP contribution in [-0.2, 0) is 0 Å². The fourth-order valence-electron chi connectivity index (χ4n) is 2.08. The first kappa shape index (κ1) is 16.5. The predicted molar refractivity (Wildman–Crippen MR) is 90.6 cm³/mol. The Bertz CT molecular complexity index is 1030. The Kier molecular flexibility index (Phi) is 4.35. The highest BCUT2D eigenvalue weighted by molar-refractivity contribution is 7.71. The number of rotatable bonds is 4. The van der Waals surface area contributed by atoms with Crippen LogP contribution in [0.15, 0.2) is 47.6 Å². The molecule has 0 atom stereocenters. The van der Waals surface area contributed by atoms with E-state index in [1.54, 1.807) is 0 Å². The van der Waals surface area contributed by atoms with Gasteiger partial charge in [-0.2, -0.15) is 14.9 Å². The van der Waals surface area contributed by atoms with Gasteiger partial charge < -0.3 is 5.11 Å². The van der Waals surface area contributed by atoms with E-state index in [2.05, 4.69) is 15.3 Å². The van der Waals surface area contributed by atoms with Crippen LogP contribution >= 0.6 is 12.2 Å². The maximum absolute atomic E-state index is 13.1. The molecule has 126 valence electrons. The molecule has 0 aliphatic heterocycles. The van der Waals surface area contributed by atoms with Gasteiger partial charge in [-0.25, -0.2) is 9.49 Å². The summed E-state index contributed by atoms with van der Waals surface area (Å²) in [6, 6.07) is 9.46. The predicted octanol–water partition coefficient (Wildman–Crippen LogP) is 3.24. The number of hydrogen-bond donors (Lipinski definition) is 2. The molecule has 1 aromatic heterocycles. The second kappa shape index (κ2) is 6.61. The molecule has 1 heterocycles. The molecule has 8 nitrogen and oxygen atoms in total. The van der Waals surface area contributed by atoms with Crippen LogP contribution in [-0.4, -0.2) is 31.1 Å². The van der Waals surface area contributed by atoms with Crippen LogP contribution < -0.4 is 0 Å². The fraction of sp³-hybridized carbons (Fsp3) is 0. The number of nitro benzene ring substituents is 1. The number of benzene rings is 2. The Morgan fingerprint density at radius 3 is 2.72 bits per heavy atom. The molecule has 10 heteroatoms. The highest BCUT2D eigenvalue weighted by Crippen LogP contribution is 2.25. The highest BCUT2D eigenvalue weighted by Gasteiger charge is 2.13. The lowest BCUT2D eigenvalue weighted by atomic mass is 10.2. The Balaban J connectivity index is 1.99. The average molecular weight is 359 g/mol. The zero-order valence-electron chi connectivity index (χ0n) is 12.5. The number of halogens is 1. The zero-order valence-corrected chi connectivity index (χ0v) is 13.3. The molecule has 2 aromatic carbocycles. The van der Waals surface area contributed by atoms with Crippen LogP contribution in [0, 0.1) is 20.7 Å². The van der Waals surface area contributed by atoms with E-state index in [-0.39, 0.29) is 10.6 Å². The third-order valence-corrected chi connectivity index (χ3v) is 3.54. The quantitative estimate of drug-likeness (QED) is 0.322. The van der Waals surface area contributed by atoms with Gasteiger partial charge in [0.25, 0.3) is 0 Å². The second-order valence-corrected chi connectivity index (χ2v) is 5.31. The lowest BCUT2D eigenvalue weighted by Crippen LogP contribution is -1.96. The molecule has 0 amide bonds. The first-order valence-electron chi connectivity index (χ1n) is 6.91. The van der Waals surface area contributed by atoms with Crippen LogP contribution in [0.1, 0.15) is 5.56 Å². The Morgan fingerprint density at radius 1 is 1.32 bits per heavy atom. The van der Waals surface area contributed by atoms with Gasteiger partial charge in [0.2, 0.25) is 4.77 Å². The van der Waals surface area contributed by atoms with E-state index in [4.69, 9.17) is 12.2 Å². The maximum Gasteiger partial charge on any atom is 0.311 e. The number of aromatic amines is 1. The third kappa shape index (κ3) is 3.43. The van der Waals surface area contributed by atoms with E-state index in [1.807, 2.05) is 0 Å². The minimum absolute atomic E-state index is 0.198. The molecule has 0 unspecified atom stereocenters. The van der Waals surface area contributed by atoms with Gasteiger partial charge in [0, 0.05) is 17.2 Å². The summed E-state index contributed by atoms with van der Waals surface area (Å²) in [6.07, 6.45) is 1.34. The van der Waals surface area contributed by atoms with Gasteiger partial charge >= 0.3 is 5.69 Å². The standard InChI is InChI=1S/C15H10FN5O3S/c16-11-4-2-10(3-5-11)14-18-19-15(25)20(14)17-8-9-1-6-13(22)12(7-9)21(23)24/h1-8,22H,(H,19,25)/b17-8-. The molecule has 0 fully saturated rings. The number of hydrogen-bond acceptors (Lipinski definition) is 6. The Hall–Kier alpha value is -3.40. The van der Waals surface area contributed by atoms with Gasteiger partial charge in [-0.1, -0.05) is 0 Å². The van der Waals surface area contributed by atoms with Crippen molar-refractivity contribution in [3.8, 4) is 17.1 Å². The Labute approximate surface area is 145 Å². The normalized spacial score (nSPS) is 11.1. The monoisotopic (exact) mass is 359 g/mol. The van der Waals surface area contributed by atoms with E-state index in [1.165, 1.54) is 53.4 Å². The van der Waals surface area contributed by atoms with Gasteiger partial charge in [-0.3, -0.25) is 10.1 Å². The van der Waals surface area contributed by atoms with Gasteiger partial charge in [-0.15, -0.1) is 0 Å². The van der Waals surface area contributed by atoms with E-state index in [0.717, 1.165) is 0 Å². The molecule has 0 saturated heterocycles. The van der Waals surface area contributed by atoms with Crippen molar-refractivity contribution >= 4 is 24.1 Å². The topological polar surface area (TPSA) is 109 Å². The summed E-state index contributed by atoms with van der Waals surface area (Å²) in [5.41, 5.74) is 0.541. The van der Waals surface area contributed by atoms with Crippen LogP contribution in [0.5, 0.6) is 5.75 Å². The molecule has 3 rings (SSSR count). The van der Waals surface area contributed by atoms with E-state index in [0.29, 0.717) is 17.0 Å². The minimum atomic E-state index is -0.694. The van der Waals surface area contributed by atoms with Crippen molar-refractivity contribution in [2.24, 2.45) is 5.10 Å². The van der Waals surface area contributed by atoms with Crippen molar-refractivity contribution in [2.75, 3.05) is 0 Å². The minimum Gasteiger partial charge on any atom is -0.502 e. The SMILES string of the molecule is O=[N+]([O-])c1cc(/C=N\n2c(-c3ccc(F)cc3)n[nH]c2=S)ccc1O. The van der Waals surface area contributed by atoms with Crippen molar-refractivity contribution < 1.29 is 14.4 Å². The van der Waals surface area contributed by atoms with Gasteiger partial charge in [0.05, 0.1) is 11.1 Å². The molecule has 0 radical (unpaired) electrons. The average Bonchev–Trinajstić information content (AvgIpc) is 2.95. The third-order valence-electron chi connectivity index (χ3n) is 3.27. The van der Waals surface area contributed by atoms with Gasteiger partial charge in [0.1, 0.15) is 5.82 Å². The number of nitro groups is 1. The van der Waals surface area contributed by atoms with Crippen LogP contribution in [0.2, 0.25) is 0 Å². The summed E-state index contributed by atoms with van der Waals surface area (Å²) in [5.74, 6) is -0.465. The van der Waals surface area contributed by atoms with E-state index >= 15 is 0 Å². The number of phenols is 1. The van der Waals surface area contributed by atoms with Gasteiger partial charge in [-0.05, 0) is 48.6 Å². The molecule has 2 N–H and O–H groups in total. The van der Waals surface area contributed by atoms with Crippen molar-refractivity contribution in [3.63, 3.8) is 0 Å². The second-order valence-electron chi connectivity index (χ2n) is 4.92. The van der Waals surface area contributed by atoms with Crippen LogP contribution in [0.25, 0.3) is 11.4 Å². The molecular weight excluding hydrogens is 349 g/mol. The maximum atomic E-state index is 13.1. The van der Waals surface area contributed by atoms with Crippen molar-refractivity contribution in [1.82, 2.24) is 14.9 Å². The molecule has 0 aliphatic carbocycles. The van der Waals surface area contributed by atoms with Crippen molar-refractivity contribution in [3.05, 3.63) is 68.7 Å². The number of nitrogens with one attached hydrogen (secondary N) is 1. The van der Waals surface area contributed by atoms with E-state index < -0.39 is 16.4 Å². The summed E-state index contributed by atoms with van der Waals surface area (Å²) < 4.78 is 14.6. The number of phenolic OH excluding ortho intramolecular Hbond substituents is 1. The molecular formula is C15H10FN5O3S. The first-order chi connectivity index (χ1) is 12.0. The summed E-state index contributed by atoms with van der Waals surface area (Å²) in [7, 11) is 0. The molecule has 0 saturated carbocycles. The molecule has 25 heavy (non-hydrogen) atoms. The fourth-order valence-corrected chi connectivity index (χ4v) is 2.26. The number of nitrogens with zero attached hydrogens (tertiary/aromatic N) is 4. The van der Waals surface area contributed by atoms with Crippen molar-refractivity contribution in [2.45, 2.75) is 0 Å².